The number of nitrogens with zero attached hydrogens (tertiary/aromatic N) is 5. The SMILES string of the molecule is CN(c1ccccn1)C1CCN(c2cc3c(nn2)CCCC3)CC1. The summed E-state index contributed by atoms with van der Waals surface area (Å²) in [6.07, 6.45) is 8.93. The topological polar surface area (TPSA) is 45.2 Å². The molecule has 3 heterocycles. The molecule has 24 heavy (non-hydrogen) atoms. The molecule has 1 aliphatic heterocycles. The lowest BCUT2D eigenvalue weighted by atomic mass is 9.96. The molecule has 0 spiro atoms. The van der Waals surface area contributed by atoms with Crippen LogP contribution in [0.15, 0.2) is 30.5 Å². The van der Waals surface area contributed by atoms with Gasteiger partial charge in [0.05, 0.1) is 5.69 Å². The van der Waals surface area contributed by atoms with E-state index >= 15 is 0 Å². The quantitative estimate of drug-likeness (QED) is 0.869. The third kappa shape index (κ3) is 3.07. The summed E-state index contributed by atoms with van der Waals surface area (Å²) in [6, 6.07) is 8.93. The van der Waals surface area contributed by atoms with E-state index in [0.717, 1.165) is 50.4 Å². The average molecular weight is 323 g/mol. The van der Waals surface area contributed by atoms with Crippen molar-refractivity contribution in [3.63, 3.8) is 0 Å². The summed E-state index contributed by atoms with van der Waals surface area (Å²) in [6.45, 7) is 2.07. The predicted molar refractivity (Wildman–Crippen MR) is 96.5 cm³/mol. The summed E-state index contributed by atoms with van der Waals surface area (Å²) in [4.78, 5) is 9.18. The lowest BCUT2D eigenvalue weighted by molar-refractivity contribution is 0.476. The van der Waals surface area contributed by atoms with E-state index in [1.807, 2.05) is 12.3 Å². The Kier molecular flexibility index (Phi) is 4.32. The highest BCUT2D eigenvalue weighted by Crippen LogP contribution is 2.26. The van der Waals surface area contributed by atoms with Gasteiger partial charge in [-0.3, -0.25) is 0 Å². The van der Waals surface area contributed by atoms with Crippen LogP contribution in [0.5, 0.6) is 0 Å². The molecule has 0 N–H and O–H groups in total. The normalized spacial score (nSPS) is 18.3. The van der Waals surface area contributed by atoms with E-state index in [0.29, 0.717) is 6.04 Å². The van der Waals surface area contributed by atoms with Gasteiger partial charge in [-0.15, -0.1) is 5.10 Å². The highest BCUT2D eigenvalue weighted by molar-refractivity contribution is 5.44. The second-order valence-electron chi connectivity index (χ2n) is 6.90. The first-order valence-electron chi connectivity index (χ1n) is 9.05. The van der Waals surface area contributed by atoms with Crippen molar-refractivity contribution >= 4 is 11.6 Å². The van der Waals surface area contributed by atoms with Gasteiger partial charge in [-0.25, -0.2) is 4.98 Å². The highest BCUT2D eigenvalue weighted by atomic mass is 15.3. The van der Waals surface area contributed by atoms with Crippen molar-refractivity contribution in [2.24, 2.45) is 0 Å². The van der Waals surface area contributed by atoms with Crippen LogP contribution in [0.25, 0.3) is 0 Å². The van der Waals surface area contributed by atoms with Crippen LogP contribution in [0.3, 0.4) is 0 Å². The Morgan fingerprint density at radius 3 is 2.71 bits per heavy atom. The van der Waals surface area contributed by atoms with E-state index in [4.69, 9.17) is 0 Å². The van der Waals surface area contributed by atoms with E-state index in [1.165, 1.54) is 24.1 Å². The van der Waals surface area contributed by atoms with Crippen molar-refractivity contribution in [3.8, 4) is 0 Å². The molecule has 0 amide bonds. The van der Waals surface area contributed by atoms with Crippen molar-refractivity contribution < 1.29 is 0 Å². The van der Waals surface area contributed by atoms with E-state index in [-0.39, 0.29) is 0 Å². The summed E-state index contributed by atoms with van der Waals surface area (Å²) in [5, 5.41) is 8.98. The second-order valence-corrected chi connectivity index (χ2v) is 6.90. The zero-order valence-electron chi connectivity index (χ0n) is 14.4. The van der Waals surface area contributed by atoms with Gasteiger partial charge in [-0.2, -0.15) is 5.10 Å². The van der Waals surface area contributed by atoms with Crippen molar-refractivity contribution in [3.05, 3.63) is 41.7 Å². The Morgan fingerprint density at radius 1 is 1.08 bits per heavy atom. The molecule has 2 aromatic heterocycles. The number of rotatable bonds is 3. The number of hydrogen-bond acceptors (Lipinski definition) is 5. The molecule has 0 radical (unpaired) electrons. The molecule has 2 aliphatic rings. The third-order valence-electron chi connectivity index (χ3n) is 5.40. The van der Waals surface area contributed by atoms with Crippen LogP contribution in [0.4, 0.5) is 11.6 Å². The summed E-state index contributed by atoms with van der Waals surface area (Å²) >= 11 is 0. The van der Waals surface area contributed by atoms with Gasteiger partial charge >= 0.3 is 0 Å². The van der Waals surface area contributed by atoms with E-state index in [1.54, 1.807) is 0 Å². The molecule has 2 aromatic rings. The number of pyridine rings is 1. The summed E-state index contributed by atoms with van der Waals surface area (Å²) in [5.41, 5.74) is 2.63. The third-order valence-corrected chi connectivity index (χ3v) is 5.40. The fraction of sp³-hybridized carbons (Fsp3) is 0.526. The summed E-state index contributed by atoms with van der Waals surface area (Å²) in [5.74, 6) is 2.12. The maximum absolute atomic E-state index is 4.49. The largest absolute Gasteiger partial charge is 0.357 e. The molecule has 0 aromatic carbocycles. The maximum atomic E-state index is 4.49. The van der Waals surface area contributed by atoms with Crippen LogP contribution in [0, 0.1) is 0 Å². The van der Waals surface area contributed by atoms with Crippen molar-refractivity contribution in [2.45, 2.75) is 44.6 Å². The highest BCUT2D eigenvalue weighted by Gasteiger charge is 2.25. The molecule has 0 bridgehead atoms. The molecule has 4 rings (SSSR count). The van der Waals surface area contributed by atoms with E-state index in [9.17, 15) is 0 Å². The first-order valence-corrected chi connectivity index (χ1v) is 9.05. The van der Waals surface area contributed by atoms with Crippen molar-refractivity contribution in [1.82, 2.24) is 15.2 Å². The molecule has 0 unspecified atom stereocenters. The van der Waals surface area contributed by atoms with Crippen molar-refractivity contribution in [2.75, 3.05) is 29.9 Å². The number of aromatic nitrogens is 3. The van der Waals surface area contributed by atoms with Gasteiger partial charge in [-0.05, 0) is 62.3 Å². The first-order chi connectivity index (χ1) is 11.8. The van der Waals surface area contributed by atoms with Crippen LogP contribution >= 0.6 is 0 Å². The molecular formula is C19H25N5. The lowest BCUT2D eigenvalue weighted by Crippen LogP contribution is -2.44. The number of fused-ring (bicyclic) bond motifs is 1. The zero-order chi connectivity index (χ0) is 16.4. The van der Waals surface area contributed by atoms with Gasteiger partial charge in [0.25, 0.3) is 0 Å². The molecular weight excluding hydrogens is 298 g/mol. The molecule has 5 heteroatoms. The number of piperidine rings is 1. The predicted octanol–water partition coefficient (Wildman–Crippen LogP) is 2.86. The van der Waals surface area contributed by atoms with Crippen LogP contribution in [-0.4, -0.2) is 41.4 Å². The van der Waals surface area contributed by atoms with Gasteiger partial charge < -0.3 is 9.80 Å². The summed E-state index contributed by atoms with van der Waals surface area (Å²) < 4.78 is 0. The van der Waals surface area contributed by atoms with Crippen LogP contribution in [0.2, 0.25) is 0 Å². The fourth-order valence-corrected chi connectivity index (χ4v) is 3.86. The molecule has 1 fully saturated rings. The molecule has 0 atom stereocenters. The molecule has 5 nitrogen and oxygen atoms in total. The van der Waals surface area contributed by atoms with Gasteiger partial charge in [0.15, 0.2) is 5.82 Å². The van der Waals surface area contributed by atoms with Gasteiger partial charge in [0.1, 0.15) is 5.82 Å². The van der Waals surface area contributed by atoms with Crippen LogP contribution in [0.1, 0.15) is 36.9 Å². The minimum Gasteiger partial charge on any atom is -0.357 e. The molecule has 1 aliphatic carbocycles. The number of aryl methyl sites for hydroxylation is 2. The van der Waals surface area contributed by atoms with Gasteiger partial charge in [-0.1, -0.05) is 6.07 Å². The van der Waals surface area contributed by atoms with E-state index < -0.39 is 0 Å². The lowest BCUT2D eigenvalue weighted by Gasteiger charge is -2.37. The number of anilines is 2. The average Bonchev–Trinajstić information content (AvgIpc) is 2.68. The van der Waals surface area contributed by atoms with Crippen LogP contribution < -0.4 is 9.80 Å². The maximum Gasteiger partial charge on any atom is 0.151 e. The molecule has 126 valence electrons. The minimum atomic E-state index is 0.543. The Hall–Kier alpha value is -2.17. The second kappa shape index (κ2) is 6.75. The first kappa shape index (κ1) is 15.4. The van der Waals surface area contributed by atoms with Gasteiger partial charge in [0, 0.05) is 32.4 Å². The van der Waals surface area contributed by atoms with Crippen LogP contribution in [-0.2, 0) is 12.8 Å². The van der Waals surface area contributed by atoms with Crippen molar-refractivity contribution in [1.29, 1.82) is 0 Å². The van der Waals surface area contributed by atoms with E-state index in [2.05, 4.69) is 50.2 Å². The Morgan fingerprint density at radius 2 is 1.92 bits per heavy atom. The zero-order valence-corrected chi connectivity index (χ0v) is 14.4. The standard InChI is InChI=1S/C19H25N5/c1-23(18-8-4-5-11-20-18)16-9-12-24(13-10-16)19-14-15-6-2-3-7-17(15)21-22-19/h4-5,8,11,14,16H,2-3,6-7,9-10,12-13H2,1H3. The summed E-state index contributed by atoms with van der Waals surface area (Å²) in [7, 11) is 2.15. The molecule has 1 saturated heterocycles. The van der Waals surface area contributed by atoms with Gasteiger partial charge in [0.2, 0.25) is 0 Å². The molecule has 0 saturated carbocycles. The minimum absolute atomic E-state index is 0.543. The monoisotopic (exact) mass is 323 g/mol. The Labute approximate surface area is 143 Å². The number of hydrogen-bond donors (Lipinski definition) is 0. The smallest absolute Gasteiger partial charge is 0.151 e. The Balaban J connectivity index is 1.41. The fourth-order valence-electron chi connectivity index (χ4n) is 3.86. The Bertz CT molecular complexity index is 679.